The lowest BCUT2D eigenvalue weighted by Crippen LogP contribution is -2.04. The van der Waals surface area contributed by atoms with Crippen molar-refractivity contribution in [1.82, 2.24) is 0 Å². The first kappa shape index (κ1) is 17.8. The maximum Gasteiger partial charge on any atom is 0.416 e. The van der Waals surface area contributed by atoms with E-state index in [1.807, 2.05) is 31.2 Å². The Morgan fingerprint density at radius 2 is 1.44 bits per heavy atom. The Bertz CT molecular complexity index is 930. The third-order valence-electron chi connectivity index (χ3n) is 3.99. The van der Waals surface area contributed by atoms with Gasteiger partial charge in [0.05, 0.1) is 15.6 Å². The molecule has 3 aromatic rings. The van der Waals surface area contributed by atoms with Gasteiger partial charge in [0.25, 0.3) is 0 Å². The van der Waals surface area contributed by atoms with Gasteiger partial charge >= 0.3 is 6.18 Å². The van der Waals surface area contributed by atoms with Gasteiger partial charge in [-0.25, -0.2) is 0 Å². The van der Waals surface area contributed by atoms with Crippen LogP contribution in [0.25, 0.3) is 22.3 Å². The highest BCUT2D eigenvalue weighted by atomic mass is 35.5. The van der Waals surface area contributed by atoms with Gasteiger partial charge in [0.15, 0.2) is 0 Å². The smallest absolute Gasteiger partial charge is 0.166 e. The summed E-state index contributed by atoms with van der Waals surface area (Å²) < 4.78 is 38.7. The molecule has 0 amide bonds. The topological polar surface area (TPSA) is 0 Å². The van der Waals surface area contributed by atoms with E-state index in [1.165, 1.54) is 6.07 Å². The van der Waals surface area contributed by atoms with Crippen molar-refractivity contribution >= 4 is 23.2 Å². The van der Waals surface area contributed by atoms with Crippen molar-refractivity contribution in [3.63, 3.8) is 0 Å². The third kappa shape index (κ3) is 3.68. The van der Waals surface area contributed by atoms with Gasteiger partial charge < -0.3 is 0 Å². The Balaban J connectivity index is 2.05. The van der Waals surface area contributed by atoms with Gasteiger partial charge in [0.2, 0.25) is 0 Å². The molecule has 0 bridgehead atoms. The van der Waals surface area contributed by atoms with Crippen LogP contribution in [0.15, 0.2) is 60.7 Å². The van der Waals surface area contributed by atoms with Crippen molar-refractivity contribution in [1.29, 1.82) is 0 Å². The van der Waals surface area contributed by atoms with E-state index in [0.717, 1.165) is 28.8 Å². The average Bonchev–Trinajstić information content (AvgIpc) is 2.57. The Kier molecular flexibility index (Phi) is 4.81. The second kappa shape index (κ2) is 6.74. The van der Waals surface area contributed by atoms with Gasteiger partial charge in [0, 0.05) is 5.56 Å². The maximum absolute atomic E-state index is 12.9. The molecular formula is C20H13Cl2F3. The number of alkyl halides is 3. The highest BCUT2D eigenvalue weighted by Crippen LogP contribution is 2.37. The minimum absolute atomic E-state index is 0.457. The van der Waals surface area contributed by atoms with Crippen LogP contribution in [0.3, 0.4) is 0 Å². The van der Waals surface area contributed by atoms with Crippen LogP contribution < -0.4 is 0 Å². The normalized spacial score (nSPS) is 11.6. The molecule has 5 heteroatoms. The van der Waals surface area contributed by atoms with Crippen LogP contribution in [0.1, 0.15) is 11.1 Å². The van der Waals surface area contributed by atoms with E-state index in [2.05, 4.69) is 0 Å². The molecule has 0 aliphatic heterocycles. The molecule has 0 aromatic heterocycles. The zero-order valence-corrected chi connectivity index (χ0v) is 14.7. The first-order chi connectivity index (χ1) is 11.8. The van der Waals surface area contributed by atoms with E-state index in [-0.39, 0.29) is 0 Å². The standard InChI is InChI=1S/C20H13Cl2F3/c1-12-10-14(13-4-2-5-15(11-13)20(23,24)25)8-9-16(12)17-6-3-7-18(21)19(17)22/h2-11H,1H3. The van der Waals surface area contributed by atoms with Gasteiger partial charge in [0.1, 0.15) is 0 Å². The maximum atomic E-state index is 12.9. The Labute approximate surface area is 153 Å². The van der Waals surface area contributed by atoms with E-state index < -0.39 is 11.7 Å². The minimum Gasteiger partial charge on any atom is -0.166 e. The fourth-order valence-electron chi connectivity index (χ4n) is 2.73. The first-order valence-corrected chi connectivity index (χ1v) is 8.25. The monoisotopic (exact) mass is 380 g/mol. The zero-order valence-electron chi connectivity index (χ0n) is 13.2. The Hall–Kier alpha value is -1.97. The molecule has 0 spiro atoms. The predicted octanol–water partition coefficient (Wildman–Crippen LogP) is 7.65. The lowest BCUT2D eigenvalue weighted by molar-refractivity contribution is -0.137. The SMILES string of the molecule is Cc1cc(-c2cccc(C(F)(F)F)c2)ccc1-c1cccc(Cl)c1Cl. The third-order valence-corrected chi connectivity index (χ3v) is 4.81. The van der Waals surface area contributed by atoms with E-state index >= 15 is 0 Å². The predicted molar refractivity (Wildman–Crippen MR) is 97.1 cm³/mol. The highest BCUT2D eigenvalue weighted by Gasteiger charge is 2.30. The summed E-state index contributed by atoms with van der Waals surface area (Å²) in [7, 11) is 0. The molecule has 0 unspecified atom stereocenters. The quantitative estimate of drug-likeness (QED) is 0.428. The molecule has 0 nitrogen and oxygen atoms in total. The summed E-state index contributed by atoms with van der Waals surface area (Å²) in [5.74, 6) is 0. The summed E-state index contributed by atoms with van der Waals surface area (Å²) in [6.45, 7) is 1.89. The van der Waals surface area contributed by atoms with Crippen LogP contribution in [-0.4, -0.2) is 0 Å². The number of rotatable bonds is 2. The Morgan fingerprint density at radius 3 is 2.12 bits per heavy atom. The van der Waals surface area contributed by atoms with Crippen LogP contribution in [0, 0.1) is 6.92 Å². The largest absolute Gasteiger partial charge is 0.416 e. The van der Waals surface area contributed by atoms with Gasteiger partial charge in [-0.15, -0.1) is 0 Å². The van der Waals surface area contributed by atoms with Crippen molar-refractivity contribution in [2.24, 2.45) is 0 Å². The molecule has 0 aliphatic carbocycles. The molecule has 0 radical (unpaired) electrons. The minimum atomic E-state index is -4.36. The molecule has 0 saturated carbocycles. The van der Waals surface area contributed by atoms with Crippen LogP contribution in [-0.2, 0) is 6.18 Å². The van der Waals surface area contributed by atoms with Crippen LogP contribution in [0.2, 0.25) is 10.0 Å². The fourth-order valence-corrected chi connectivity index (χ4v) is 3.13. The molecule has 25 heavy (non-hydrogen) atoms. The second-order valence-electron chi connectivity index (χ2n) is 5.71. The summed E-state index contributed by atoms with van der Waals surface area (Å²) >= 11 is 12.3. The van der Waals surface area contributed by atoms with Crippen molar-refractivity contribution in [3.8, 4) is 22.3 Å². The lowest BCUT2D eigenvalue weighted by Gasteiger charge is -2.13. The van der Waals surface area contributed by atoms with E-state index in [0.29, 0.717) is 21.2 Å². The number of benzene rings is 3. The molecule has 0 N–H and O–H groups in total. The molecule has 0 fully saturated rings. The summed E-state index contributed by atoms with van der Waals surface area (Å²) in [5, 5.41) is 0.916. The number of aryl methyl sites for hydroxylation is 1. The molecule has 128 valence electrons. The molecule has 0 saturated heterocycles. The second-order valence-corrected chi connectivity index (χ2v) is 6.49. The highest BCUT2D eigenvalue weighted by molar-refractivity contribution is 6.43. The van der Waals surface area contributed by atoms with Crippen molar-refractivity contribution in [2.45, 2.75) is 13.1 Å². The molecule has 0 atom stereocenters. The first-order valence-electron chi connectivity index (χ1n) is 7.50. The lowest BCUT2D eigenvalue weighted by atomic mass is 9.95. The number of hydrogen-bond donors (Lipinski definition) is 0. The number of halogens is 5. The Morgan fingerprint density at radius 1 is 0.760 bits per heavy atom. The van der Waals surface area contributed by atoms with Gasteiger partial charge in [-0.1, -0.05) is 65.7 Å². The number of hydrogen-bond acceptors (Lipinski definition) is 0. The van der Waals surface area contributed by atoms with Gasteiger partial charge in [-0.05, 0) is 47.4 Å². The molecule has 0 heterocycles. The molecule has 3 rings (SSSR count). The average molecular weight is 381 g/mol. The van der Waals surface area contributed by atoms with Crippen molar-refractivity contribution in [2.75, 3.05) is 0 Å². The van der Waals surface area contributed by atoms with Gasteiger partial charge in [-0.2, -0.15) is 13.2 Å². The summed E-state index contributed by atoms with van der Waals surface area (Å²) in [6.07, 6.45) is -4.36. The summed E-state index contributed by atoms with van der Waals surface area (Å²) in [6, 6.07) is 16.2. The molecule has 3 aromatic carbocycles. The summed E-state index contributed by atoms with van der Waals surface area (Å²) in [5.41, 5.74) is 3.15. The van der Waals surface area contributed by atoms with Gasteiger partial charge in [-0.3, -0.25) is 0 Å². The molecular weight excluding hydrogens is 368 g/mol. The van der Waals surface area contributed by atoms with Crippen molar-refractivity contribution in [3.05, 3.63) is 81.8 Å². The zero-order chi connectivity index (χ0) is 18.2. The van der Waals surface area contributed by atoms with Crippen LogP contribution >= 0.6 is 23.2 Å². The van der Waals surface area contributed by atoms with E-state index in [1.54, 1.807) is 18.2 Å². The van der Waals surface area contributed by atoms with E-state index in [9.17, 15) is 13.2 Å². The van der Waals surface area contributed by atoms with Crippen LogP contribution in [0.5, 0.6) is 0 Å². The molecule has 0 aliphatic rings. The fraction of sp³-hybridized carbons (Fsp3) is 0.100. The summed E-state index contributed by atoms with van der Waals surface area (Å²) in [4.78, 5) is 0. The van der Waals surface area contributed by atoms with E-state index in [4.69, 9.17) is 23.2 Å². The van der Waals surface area contributed by atoms with Crippen molar-refractivity contribution < 1.29 is 13.2 Å². The van der Waals surface area contributed by atoms with Crippen LogP contribution in [0.4, 0.5) is 13.2 Å².